The number of benzene rings is 1. The highest BCUT2D eigenvalue weighted by molar-refractivity contribution is 5.94. The van der Waals surface area contributed by atoms with Crippen LogP contribution in [0.25, 0.3) is 0 Å². The van der Waals surface area contributed by atoms with E-state index in [0.717, 1.165) is 45.0 Å². The third-order valence-corrected chi connectivity index (χ3v) is 4.93. The molecule has 0 saturated carbocycles. The number of piperazine rings is 1. The van der Waals surface area contributed by atoms with Gasteiger partial charge >= 0.3 is 0 Å². The summed E-state index contributed by atoms with van der Waals surface area (Å²) in [5.41, 5.74) is 1.98. The molecule has 5 nitrogen and oxygen atoms in total. The van der Waals surface area contributed by atoms with Crippen molar-refractivity contribution in [2.75, 3.05) is 31.5 Å². The number of carbonyl (C=O) groups is 1. The molecule has 1 aliphatic heterocycles. The highest BCUT2D eigenvalue weighted by Gasteiger charge is 2.22. The van der Waals surface area contributed by atoms with E-state index >= 15 is 0 Å². The predicted octanol–water partition coefficient (Wildman–Crippen LogP) is 3.25. The quantitative estimate of drug-likeness (QED) is 0.867. The number of nitrogens with zero attached hydrogens (tertiary/aromatic N) is 3. The first-order valence-electron chi connectivity index (χ1n) is 9.44. The minimum atomic E-state index is 0.0759. The fourth-order valence-electron chi connectivity index (χ4n) is 3.09. The average molecular weight is 352 g/mol. The van der Waals surface area contributed by atoms with E-state index < -0.39 is 0 Å². The SMILES string of the molecule is CCC(C)Nc1ccc(C(=O)N2CCN(Cc3ccccc3)CC2)cn1. The monoisotopic (exact) mass is 352 g/mol. The summed E-state index contributed by atoms with van der Waals surface area (Å²) in [6.45, 7) is 8.53. The molecule has 2 heterocycles. The van der Waals surface area contributed by atoms with Gasteiger partial charge in [-0.05, 0) is 31.0 Å². The first-order chi connectivity index (χ1) is 12.7. The molecule has 1 atom stereocenters. The molecule has 1 aromatic carbocycles. The molecule has 0 radical (unpaired) electrons. The predicted molar refractivity (Wildman–Crippen MR) is 105 cm³/mol. The van der Waals surface area contributed by atoms with Gasteiger partial charge in [-0.2, -0.15) is 0 Å². The highest BCUT2D eigenvalue weighted by atomic mass is 16.2. The van der Waals surface area contributed by atoms with E-state index in [-0.39, 0.29) is 5.91 Å². The lowest BCUT2D eigenvalue weighted by molar-refractivity contribution is 0.0628. The van der Waals surface area contributed by atoms with Crippen LogP contribution in [-0.4, -0.2) is 52.9 Å². The van der Waals surface area contributed by atoms with Crippen molar-refractivity contribution in [3.8, 4) is 0 Å². The molecule has 26 heavy (non-hydrogen) atoms. The van der Waals surface area contributed by atoms with Crippen LogP contribution in [0.5, 0.6) is 0 Å². The Kier molecular flexibility index (Phi) is 6.23. The third kappa shape index (κ3) is 4.82. The Labute approximate surface area is 156 Å². The van der Waals surface area contributed by atoms with Crippen molar-refractivity contribution in [3.63, 3.8) is 0 Å². The number of nitrogens with one attached hydrogen (secondary N) is 1. The lowest BCUT2D eigenvalue weighted by Crippen LogP contribution is -2.48. The van der Waals surface area contributed by atoms with Crippen molar-refractivity contribution >= 4 is 11.7 Å². The topological polar surface area (TPSA) is 48.5 Å². The maximum absolute atomic E-state index is 12.7. The molecule has 3 rings (SSSR count). The number of carbonyl (C=O) groups excluding carboxylic acids is 1. The second-order valence-electron chi connectivity index (χ2n) is 6.94. The smallest absolute Gasteiger partial charge is 0.255 e. The molecule has 1 aromatic heterocycles. The standard InChI is InChI=1S/C21H28N4O/c1-3-17(2)23-20-10-9-19(15-22-20)21(26)25-13-11-24(12-14-25)16-18-7-5-4-6-8-18/h4-10,15,17H,3,11-14,16H2,1-2H3,(H,22,23). The van der Waals surface area contributed by atoms with Gasteiger partial charge in [0.1, 0.15) is 5.82 Å². The number of anilines is 1. The molecule has 1 saturated heterocycles. The number of pyridine rings is 1. The van der Waals surface area contributed by atoms with Crippen molar-refractivity contribution in [2.45, 2.75) is 32.9 Å². The minimum Gasteiger partial charge on any atom is -0.368 e. The number of hydrogen-bond donors (Lipinski definition) is 1. The van der Waals surface area contributed by atoms with E-state index in [1.54, 1.807) is 6.20 Å². The van der Waals surface area contributed by atoms with E-state index in [9.17, 15) is 4.79 Å². The van der Waals surface area contributed by atoms with Crippen LogP contribution in [0.15, 0.2) is 48.7 Å². The minimum absolute atomic E-state index is 0.0759. The van der Waals surface area contributed by atoms with Gasteiger partial charge in [0.15, 0.2) is 0 Å². The maximum atomic E-state index is 12.7. The first-order valence-corrected chi connectivity index (χ1v) is 9.44. The number of hydrogen-bond acceptors (Lipinski definition) is 4. The van der Waals surface area contributed by atoms with Gasteiger partial charge in [0, 0.05) is 45.0 Å². The summed E-state index contributed by atoms with van der Waals surface area (Å²) in [5, 5.41) is 3.32. The summed E-state index contributed by atoms with van der Waals surface area (Å²) in [4.78, 5) is 21.4. The molecule has 0 bridgehead atoms. The van der Waals surface area contributed by atoms with E-state index in [0.29, 0.717) is 11.6 Å². The van der Waals surface area contributed by atoms with E-state index in [4.69, 9.17) is 0 Å². The normalized spacial score (nSPS) is 16.3. The summed E-state index contributed by atoms with van der Waals surface area (Å²) in [5.74, 6) is 0.899. The molecule has 0 aliphatic carbocycles. The van der Waals surface area contributed by atoms with Crippen LogP contribution in [0.1, 0.15) is 36.2 Å². The number of amides is 1. The summed E-state index contributed by atoms with van der Waals surface area (Å²) < 4.78 is 0. The van der Waals surface area contributed by atoms with Gasteiger partial charge in [-0.1, -0.05) is 37.3 Å². The van der Waals surface area contributed by atoms with E-state index in [2.05, 4.69) is 53.3 Å². The Morgan fingerprint density at radius 1 is 1.12 bits per heavy atom. The molecule has 0 spiro atoms. The van der Waals surface area contributed by atoms with Gasteiger partial charge in [0.2, 0.25) is 0 Å². The number of aromatic nitrogens is 1. The van der Waals surface area contributed by atoms with Crippen molar-refractivity contribution in [1.29, 1.82) is 0 Å². The van der Waals surface area contributed by atoms with Crippen LogP contribution < -0.4 is 5.32 Å². The fourth-order valence-corrected chi connectivity index (χ4v) is 3.09. The third-order valence-electron chi connectivity index (χ3n) is 4.93. The zero-order valence-corrected chi connectivity index (χ0v) is 15.7. The Morgan fingerprint density at radius 2 is 1.85 bits per heavy atom. The lowest BCUT2D eigenvalue weighted by Gasteiger charge is -2.34. The zero-order chi connectivity index (χ0) is 18.4. The summed E-state index contributed by atoms with van der Waals surface area (Å²) in [6.07, 6.45) is 2.72. The van der Waals surface area contributed by atoms with E-state index in [1.807, 2.05) is 23.1 Å². The summed E-state index contributed by atoms with van der Waals surface area (Å²) >= 11 is 0. The van der Waals surface area contributed by atoms with Crippen LogP contribution >= 0.6 is 0 Å². The van der Waals surface area contributed by atoms with Gasteiger partial charge in [-0.25, -0.2) is 4.98 Å². The van der Waals surface area contributed by atoms with Crippen molar-refractivity contribution in [3.05, 3.63) is 59.8 Å². The Bertz CT molecular complexity index is 694. The largest absolute Gasteiger partial charge is 0.368 e. The van der Waals surface area contributed by atoms with Crippen LogP contribution in [0.3, 0.4) is 0 Å². The maximum Gasteiger partial charge on any atom is 0.255 e. The van der Waals surface area contributed by atoms with Crippen molar-refractivity contribution in [1.82, 2.24) is 14.8 Å². The van der Waals surface area contributed by atoms with Gasteiger partial charge in [0.25, 0.3) is 5.91 Å². The van der Waals surface area contributed by atoms with Crippen LogP contribution in [-0.2, 0) is 6.54 Å². The second kappa shape index (κ2) is 8.81. The molecule has 1 aliphatic rings. The van der Waals surface area contributed by atoms with Gasteiger partial charge in [-0.3, -0.25) is 9.69 Å². The molecule has 2 aromatic rings. The fraction of sp³-hybridized carbons (Fsp3) is 0.429. The van der Waals surface area contributed by atoms with Crippen LogP contribution in [0.4, 0.5) is 5.82 Å². The molecular formula is C21H28N4O. The van der Waals surface area contributed by atoms with Gasteiger partial charge in [-0.15, -0.1) is 0 Å². The van der Waals surface area contributed by atoms with Gasteiger partial charge in [0.05, 0.1) is 5.56 Å². The first kappa shape index (κ1) is 18.4. The number of rotatable bonds is 6. The summed E-state index contributed by atoms with van der Waals surface area (Å²) in [6, 6.07) is 14.6. The second-order valence-corrected chi connectivity index (χ2v) is 6.94. The van der Waals surface area contributed by atoms with E-state index in [1.165, 1.54) is 5.56 Å². The molecule has 1 fully saturated rings. The van der Waals surface area contributed by atoms with Gasteiger partial charge < -0.3 is 10.2 Å². The molecular weight excluding hydrogens is 324 g/mol. The Balaban J connectivity index is 1.51. The molecule has 138 valence electrons. The zero-order valence-electron chi connectivity index (χ0n) is 15.7. The molecule has 5 heteroatoms. The molecule has 1 unspecified atom stereocenters. The Hall–Kier alpha value is -2.40. The molecule has 1 amide bonds. The van der Waals surface area contributed by atoms with Crippen LogP contribution in [0, 0.1) is 0 Å². The average Bonchev–Trinajstić information content (AvgIpc) is 2.69. The molecule has 1 N–H and O–H groups in total. The Morgan fingerprint density at radius 3 is 2.46 bits per heavy atom. The van der Waals surface area contributed by atoms with Crippen molar-refractivity contribution < 1.29 is 4.79 Å². The lowest BCUT2D eigenvalue weighted by atomic mass is 10.2. The van der Waals surface area contributed by atoms with Crippen molar-refractivity contribution in [2.24, 2.45) is 0 Å². The highest BCUT2D eigenvalue weighted by Crippen LogP contribution is 2.13. The summed E-state index contributed by atoms with van der Waals surface area (Å²) in [7, 11) is 0. The van der Waals surface area contributed by atoms with Crippen LogP contribution in [0.2, 0.25) is 0 Å².